The number of hydrogen-bond donors (Lipinski definition) is 1. The number of aryl methyl sites for hydroxylation is 1. The Kier molecular flexibility index (Phi) is 7.47. The third-order valence-electron chi connectivity index (χ3n) is 3.30. The topological polar surface area (TPSA) is 69.2 Å². The van der Waals surface area contributed by atoms with Gasteiger partial charge in [0.25, 0.3) is 5.91 Å². The molecule has 0 radical (unpaired) electrons. The van der Waals surface area contributed by atoms with Crippen molar-refractivity contribution in [2.75, 3.05) is 20.8 Å². The van der Waals surface area contributed by atoms with Gasteiger partial charge in [0, 0.05) is 0 Å². The second kappa shape index (κ2) is 9.59. The van der Waals surface area contributed by atoms with E-state index in [0.29, 0.717) is 17.2 Å². The molecule has 1 N–H and O–H groups in total. The fourth-order valence-electron chi connectivity index (χ4n) is 2.11. The molecule has 0 heterocycles. The first-order valence-electron chi connectivity index (χ1n) is 7.57. The average molecular weight is 486 g/mol. The lowest BCUT2D eigenvalue weighted by Crippen LogP contribution is -2.24. The highest BCUT2D eigenvalue weighted by atomic mass is 79.9. The van der Waals surface area contributed by atoms with Crippen LogP contribution >= 0.6 is 31.9 Å². The van der Waals surface area contributed by atoms with Gasteiger partial charge in [0.2, 0.25) is 0 Å². The van der Waals surface area contributed by atoms with Gasteiger partial charge < -0.3 is 14.2 Å². The first-order valence-corrected chi connectivity index (χ1v) is 9.15. The number of rotatable bonds is 7. The lowest BCUT2D eigenvalue weighted by molar-refractivity contribution is -0.123. The van der Waals surface area contributed by atoms with Crippen LogP contribution in [0.15, 0.2) is 44.4 Å². The highest BCUT2D eigenvalue weighted by Gasteiger charge is 2.10. The number of halogens is 2. The van der Waals surface area contributed by atoms with Gasteiger partial charge in [-0.2, -0.15) is 5.10 Å². The summed E-state index contributed by atoms with van der Waals surface area (Å²) in [5.74, 6) is 1.40. The summed E-state index contributed by atoms with van der Waals surface area (Å²) < 4.78 is 17.5. The van der Waals surface area contributed by atoms with Crippen LogP contribution in [0.2, 0.25) is 0 Å². The van der Waals surface area contributed by atoms with Crippen molar-refractivity contribution in [1.82, 2.24) is 5.43 Å². The Bertz CT molecular complexity index is 802. The molecular formula is C18H18Br2N2O4. The molecule has 1 amide bonds. The zero-order chi connectivity index (χ0) is 19.1. The van der Waals surface area contributed by atoms with E-state index >= 15 is 0 Å². The fraction of sp³-hybridized carbons (Fsp3) is 0.222. The van der Waals surface area contributed by atoms with Crippen molar-refractivity contribution in [2.45, 2.75) is 6.92 Å². The molecule has 2 aromatic rings. The van der Waals surface area contributed by atoms with Gasteiger partial charge in [-0.05, 0) is 80.2 Å². The number of amides is 1. The number of benzene rings is 2. The number of nitrogens with zero attached hydrogens (tertiary/aromatic N) is 1. The monoisotopic (exact) mass is 484 g/mol. The van der Waals surface area contributed by atoms with E-state index in [9.17, 15) is 4.79 Å². The number of nitrogens with one attached hydrogen (secondary N) is 1. The minimum absolute atomic E-state index is 0.163. The van der Waals surface area contributed by atoms with Crippen LogP contribution in [0.5, 0.6) is 17.2 Å². The molecule has 6 nitrogen and oxygen atoms in total. The van der Waals surface area contributed by atoms with Crippen LogP contribution in [0.3, 0.4) is 0 Å². The maximum atomic E-state index is 11.9. The minimum atomic E-state index is -0.374. The van der Waals surface area contributed by atoms with Gasteiger partial charge in [-0.1, -0.05) is 0 Å². The molecule has 0 bridgehead atoms. The van der Waals surface area contributed by atoms with E-state index < -0.39 is 0 Å². The molecule has 0 unspecified atom stereocenters. The molecule has 0 aromatic heterocycles. The van der Waals surface area contributed by atoms with Crippen LogP contribution in [0, 0.1) is 6.92 Å². The smallest absolute Gasteiger partial charge is 0.277 e. The van der Waals surface area contributed by atoms with Crippen molar-refractivity contribution in [3.63, 3.8) is 0 Å². The van der Waals surface area contributed by atoms with E-state index in [-0.39, 0.29) is 12.5 Å². The normalized spacial score (nSPS) is 10.7. The molecule has 0 saturated carbocycles. The Morgan fingerprint density at radius 2 is 1.77 bits per heavy atom. The van der Waals surface area contributed by atoms with Crippen molar-refractivity contribution in [1.29, 1.82) is 0 Å². The Balaban J connectivity index is 1.92. The lowest BCUT2D eigenvalue weighted by Gasteiger charge is -2.10. The molecule has 0 saturated heterocycles. The molecule has 2 rings (SSSR count). The van der Waals surface area contributed by atoms with Gasteiger partial charge in [-0.25, -0.2) is 5.43 Å². The molecule has 0 aliphatic rings. The summed E-state index contributed by atoms with van der Waals surface area (Å²) in [6.07, 6.45) is 1.51. The molecular weight excluding hydrogens is 468 g/mol. The second-order valence-corrected chi connectivity index (χ2v) is 6.96. The molecule has 0 aliphatic heterocycles. The van der Waals surface area contributed by atoms with E-state index in [1.54, 1.807) is 32.4 Å². The average Bonchev–Trinajstić information content (AvgIpc) is 2.60. The molecule has 0 aliphatic carbocycles. The molecule has 8 heteroatoms. The van der Waals surface area contributed by atoms with E-state index in [1.807, 2.05) is 19.1 Å². The van der Waals surface area contributed by atoms with Crippen molar-refractivity contribution in [3.8, 4) is 17.2 Å². The summed E-state index contributed by atoms with van der Waals surface area (Å²) >= 11 is 6.84. The molecule has 0 spiro atoms. The predicted octanol–water partition coefficient (Wildman–Crippen LogP) is 4.07. The lowest BCUT2D eigenvalue weighted by atomic mass is 10.2. The highest BCUT2D eigenvalue weighted by Crippen LogP contribution is 2.34. The van der Waals surface area contributed by atoms with Crippen molar-refractivity contribution in [3.05, 3.63) is 50.4 Å². The van der Waals surface area contributed by atoms with E-state index in [4.69, 9.17) is 14.2 Å². The number of hydrogen-bond acceptors (Lipinski definition) is 5. The second-order valence-electron chi connectivity index (χ2n) is 5.25. The van der Waals surface area contributed by atoms with Gasteiger partial charge in [0.1, 0.15) is 5.75 Å². The van der Waals surface area contributed by atoms with Gasteiger partial charge in [0.15, 0.2) is 18.1 Å². The number of carbonyl (C=O) groups excluding carboxylic acids is 1. The van der Waals surface area contributed by atoms with E-state index in [0.717, 1.165) is 20.1 Å². The van der Waals surface area contributed by atoms with Crippen molar-refractivity contribution < 1.29 is 19.0 Å². The first-order chi connectivity index (χ1) is 12.4. The summed E-state index contributed by atoms with van der Waals surface area (Å²) in [7, 11) is 3.12. The fourth-order valence-corrected chi connectivity index (χ4v) is 3.75. The number of carbonyl (C=O) groups is 1. The summed E-state index contributed by atoms with van der Waals surface area (Å²) in [4.78, 5) is 11.9. The number of hydrazone groups is 1. The third-order valence-corrected chi connectivity index (χ3v) is 4.48. The first kappa shape index (κ1) is 20.3. The van der Waals surface area contributed by atoms with Crippen LogP contribution in [0.25, 0.3) is 0 Å². The summed E-state index contributed by atoms with van der Waals surface area (Å²) in [5, 5.41) is 3.92. The zero-order valence-corrected chi connectivity index (χ0v) is 17.7. The number of ether oxygens (including phenoxy) is 3. The SMILES string of the molecule is COc1ccc(/C=N/NC(=O)COc2c(Br)cc(C)cc2Br)cc1OC. The Hall–Kier alpha value is -2.06. The Morgan fingerprint density at radius 1 is 1.12 bits per heavy atom. The maximum Gasteiger partial charge on any atom is 0.277 e. The molecule has 26 heavy (non-hydrogen) atoms. The minimum Gasteiger partial charge on any atom is -0.493 e. The third kappa shape index (κ3) is 5.47. The molecule has 0 atom stereocenters. The Labute approximate surface area is 168 Å². The summed E-state index contributed by atoms with van der Waals surface area (Å²) in [6.45, 7) is 1.80. The van der Waals surface area contributed by atoms with Crippen LogP contribution in [0.1, 0.15) is 11.1 Å². The standard InChI is InChI=1S/C18H18Br2N2O4/c1-11-6-13(19)18(14(20)7-11)26-10-17(23)22-21-9-12-4-5-15(24-2)16(8-12)25-3/h4-9H,10H2,1-3H3,(H,22,23)/b21-9+. The quantitative estimate of drug-likeness (QED) is 0.474. The van der Waals surface area contributed by atoms with Gasteiger partial charge in [-0.3, -0.25) is 4.79 Å². The largest absolute Gasteiger partial charge is 0.493 e. The van der Waals surface area contributed by atoms with Crippen LogP contribution < -0.4 is 19.6 Å². The van der Waals surface area contributed by atoms with Crippen molar-refractivity contribution in [2.24, 2.45) is 5.10 Å². The molecule has 2 aromatic carbocycles. The maximum absolute atomic E-state index is 11.9. The molecule has 0 fully saturated rings. The summed E-state index contributed by atoms with van der Waals surface area (Å²) in [6, 6.07) is 9.14. The van der Waals surface area contributed by atoms with Crippen LogP contribution in [-0.4, -0.2) is 32.9 Å². The molecule has 138 valence electrons. The van der Waals surface area contributed by atoms with Crippen LogP contribution in [-0.2, 0) is 4.79 Å². The Morgan fingerprint density at radius 3 is 2.38 bits per heavy atom. The van der Waals surface area contributed by atoms with Gasteiger partial charge in [-0.15, -0.1) is 0 Å². The van der Waals surface area contributed by atoms with Gasteiger partial charge in [0.05, 0.1) is 29.4 Å². The summed E-state index contributed by atoms with van der Waals surface area (Å²) in [5.41, 5.74) is 4.25. The predicted molar refractivity (Wildman–Crippen MR) is 107 cm³/mol. The number of methoxy groups -OCH3 is 2. The van der Waals surface area contributed by atoms with Gasteiger partial charge >= 0.3 is 0 Å². The van der Waals surface area contributed by atoms with Crippen molar-refractivity contribution >= 4 is 44.0 Å². The van der Waals surface area contributed by atoms with E-state index in [2.05, 4.69) is 42.4 Å². The van der Waals surface area contributed by atoms with E-state index in [1.165, 1.54) is 6.21 Å². The highest BCUT2D eigenvalue weighted by molar-refractivity contribution is 9.11. The zero-order valence-electron chi connectivity index (χ0n) is 14.5. The van der Waals surface area contributed by atoms with Crippen LogP contribution in [0.4, 0.5) is 0 Å².